The van der Waals surface area contributed by atoms with Gasteiger partial charge in [0.2, 0.25) is 0 Å². The van der Waals surface area contributed by atoms with E-state index in [4.69, 9.17) is 0 Å². The van der Waals surface area contributed by atoms with Crippen molar-refractivity contribution in [3.8, 4) is 0 Å². The van der Waals surface area contributed by atoms with Gasteiger partial charge in [-0.05, 0) is 13.0 Å². The molecule has 106 valence electrons. The van der Waals surface area contributed by atoms with Gasteiger partial charge >= 0.3 is 12.2 Å². The molecule has 1 aromatic rings. The van der Waals surface area contributed by atoms with E-state index in [1.807, 2.05) is 5.32 Å². The van der Waals surface area contributed by atoms with Gasteiger partial charge in [-0.25, -0.2) is 4.79 Å². The third-order valence-corrected chi connectivity index (χ3v) is 2.34. The number of hydrogen-bond donors (Lipinski definition) is 2. The molecule has 1 heterocycles. The average molecular weight is 275 g/mol. The zero-order valence-electron chi connectivity index (χ0n) is 10.7. The van der Waals surface area contributed by atoms with Crippen LogP contribution in [0.2, 0.25) is 0 Å². The second kappa shape index (κ2) is 5.81. The Labute approximate surface area is 109 Å². The molecule has 1 atom stereocenters. The second-order valence-corrected chi connectivity index (χ2v) is 4.37. The molecular formula is C12H16F3N3O. The lowest BCUT2D eigenvalue weighted by molar-refractivity contribution is -0.154. The normalized spacial score (nSPS) is 12.9. The summed E-state index contributed by atoms with van der Waals surface area (Å²) >= 11 is 0. The molecule has 0 spiro atoms. The number of urea groups is 1. The molecule has 19 heavy (non-hydrogen) atoms. The topological polar surface area (TPSA) is 46.1 Å². The van der Waals surface area contributed by atoms with Gasteiger partial charge in [0.15, 0.2) is 6.04 Å². The van der Waals surface area contributed by atoms with Crippen molar-refractivity contribution < 1.29 is 18.0 Å². The number of carbonyl (C=O) groups excluding carboxylic acids is 1. The van der Waals surface area contributed by atoms with E-state index >= 15 is 0 Å². The van der Waals surface area contributed by atoms with Crippen molar-refractivity contribution in [1.29, 1.82) is 0 Å². The first-order valence-corrected chi connectivity index (χ1v) is 5.57. The molecule has 0 unspecified atom stereocenters. The van der Waals surface area contributed by atoms with Crippen molar-refractivity contribution in [2.45, 2.75) is 19.1 Å². The van der Waals surface area contributed by atoms with Crippen LogP contribution in [0.15, 0.2) is 30.6 Å². The average Bonchev–Trinajstić information content (AvgIpc) is 2.68. The molecule has 1 aromatic heterocycles. The minimum absolute atomic E-state index is 0.0134. The Morgan fingerprint density at radius 3 is 2.58 bits per heavy atom. The van der Waals surface area contributed by atoms with Gasteiger partial charge in [0.25, 0.3) is 0 Å². The summed E-state index contributed by atoms with van der Waals surface area (Å²) in [6, 6.07) is -1.59. The Balaban J connectivity index is 2.77. The summed E-state index contributed by atoms with van der Waals surface area (Å²) in [6.45, 7) is 5.34. The van der Waals surface area contributed by atoms with E-state index < -0.39 is 18.2 Å². The molecule has 0 saturated carbocycles. The van der Waals surface area contributed by atoms with Crippen LogP contribution in [-0.2, 0) is 7.05 Å². The molecule has 0 aliphatic carbocycles. The first-order chi connectivity index (χ1) is 8.70. The van der Waals surface area contributed by atoms with Crippen LogP contribution in [-0.4, -0.2) is 23.3 Å². The molecule has 1 rings (SSSR count). The van der Waals surface area contributed by atoms with E-state index in [2.05, 4.69) is 11.9 Å². The maximum atomic E-state index is 12.9. The van der Waals surface area contributed by atoms with Crippen LogP contribution in [0, 0.1) is 0 Å². The highest BCUT2D eigenvalue weighted by molar-refractivity contribution is 5.74. The SMILES string of the molecule is C=C(C)CNC(=O)N[C@@H](c1ccn(C)c1)C(F)(F)F. The van der Waals surface area contributed by atoms with E-state index in [9.17, 15) is 18.0 Å². The highest BCUT2D eigenvalue weighted by Gasteiger charge is 2.42. The monoisotopic (exact) mass is 275 g/mol. The van der Waals surface area contributed by atoms with E-state index in [-0.39, 0.29) is 12.1 Å². The Morgan fingerprint density at radius 1 is 1.53 bits per heavy atom. The number of aryl methyl sites for hydroxylation is 1. The Hall–Kier alpha value is -1.92. The van der Waals surface area contributed by atoms with Crippen molar-refractivity contribution in [1.82, 2.24) is 15.2 Å². The van der Waals surface area contributed by atoms with Gasteiger partial charge in [0, 0.05) is 31.5 Å². The van der Waals surface area contributed by atoms with Crippen molar-refractivity contribution >= 4 is 6.03 Å². The third-order valence-electron chi connectivity index (χ3n) is 2.34. The molecule has 0 fully saturated rings. The molecule has 4 nitrogen and oxygen atoms in total. The molecule has 0 bridgehead atoms. The van der Waals surface area contributed by atoms with Crippen molar-refractivity contribution in [3.63, 3.8) is 0 Å². The number of amides is 2. The molecule has 2 N–H and O–H groups in total. The zero-order chi connectivity index (χ0) is 14.6. The highest BCUT2D eigenvalue weighted by Crippen LogP contribution is 2.32. The number of alkyl halides is 3. The number of carbonyl (C=O) groups is 1. The zero-order valence-corrected chi connectivity index (χ0v) is 10.7. The van der Waals surface area contributed by atoms with Crippen molar-refractivity contribution in [2.75, 3.05) is 6.54 Å². The van der Waals surface area contributed by atoms with Gasteiger partial charge in [-0.1, -0.05) is 12.2 Å². The number of halogens is 3. The van der Waals surface area contributed by atoms with Crippen LogP contribution in [0.25, 0.3) is 0 Å². The van der Waals surface area contributed by atoms with Crippen LogP contribution in [0.1, 0.15) is 18.5 Å². The largest absolute Gasteiger partial charge is 0.412 e. The predicted octanol–water partition coefficient (Wildman–Crippen LogP) is 2.50. The van der Waals surface area contributed by atoms with Crippen LogP contribution < -0.4 is 10.6 Å². The van der Waals surface area contributed by atoms with Crippen molar-refractivity contribution in [3.05, 3.63) is 36.2 Å². The lowest BCUT2D eigenvalue weighted by Crippen LogP contribution is -2.43. The number of aromatic nitrogens is 1. The number of nitrogens with one attached hydrogen (secondary N) is 2. The summed E-state index contributed by atoms with van der Waals surface area (Å²) in [5.41, 5.74) is 0.638. The first kappa shape index (κ1) is 15.1. The van der Waals surface area contributed by atoms with Gasteiger partial charge in [-0.15, -0.1) is 0 Å². The van der Waals surface area contributed by atoms with Crippen LogP contribution >= 0.6 is 0 Å². The standard InChI is InChI=1S/C12H16F3N3O/c1-8(2)6-16-11(19)17-10(12(13,14)15)9-4-5-18(3)7-9/h4-5,7,10H,1,6H2,2-3H3,(H2,16,17,19)/t10-/m0/s1. The minimum atomic E-state index is -4.55. The Kier molecular flexibility index (Phi) is 4.63. The fourth-order valence-electron chi connectivity index (χ4n) is 1.46. The van der Waals surface area contributed by atoms with Crippen LogP contribution in [0.4, 0.5) is 18.0 Å². The molecule has 2 amide bonds. The van der Waals surface area contributed by atoms with Gasteiger partial charge in [-0.3, -0.25) is 0 Å². The summed E-state index contributed by atoms with van der Waals surface area (Å²) in [5.74, 6) is 0. The van der Waals surface area contributed by atoms with Crippen LogP contribution in [0.5, 0.6) is 0 Å². The summed E-state index contributed by atoms with van der Waals surface area (Å²) in [6.07, 6.45) is -1.75. The van der Waals surface area contributed by atoms with E-state index in [1.54, 1.807) is 14.0 Å². The summed E-state index contributed by atoms with van der Waals surface area (Å²) < 4.78 is 40.2. The number of hydrogen-bond acceptors (Lipinski definition) is 1. The van der Waals surface area contributed by atoms with E-state index in [0.717, 1.165) is 0 Å². The van der Waals surface area contributed by atoms with E-state index in [1.165, 1.54) is 23.0 Å². The van der Waals surface area contributed by atoms with Gasteiger partial charge in [-0.2, -0.15) is 13.2 Å². The fourth-order valence-corrected chi connectivity index (χ4v) is 1.46. The number of nitrogens with zero attached hydrogens (tertiary/aromatic N) is 1. The first-order valence-electron chi connectivity index (χ1n) is 5.57. The smallest absolute Gasteiger partial charge is 0.357 e. The summed E-state index contributed by atoms with van der Waals surface area (Å²) in [4.78, 5) is 11.4. The van der Waals surface area contributed by atoms with Gasteiger partial charge < -0.3 is 15.2 Å². The fraction of sp³-hybridized carbons (Fsp3) is 0.417. The van der Waals surface area contributed by atoms with Gasteiger partial charge in [0.05, 0.1) is 0 Å². The predicted molar refractivity (Wildman–Crippen MR) is 65.6 cm³/mol. The van der Waals surface area contributed by atoms with E-state index in [0.29, 0.717) is 5.57 Å². The molecular weight excluding hydrogens is 259 g/mol. The molecule has 0 aliphatic heterocycles. The summed E-state index contributed by atoms with van der Waals surface area (Å²) in [5, 5.41) is 4.22. The molecule has 0 saturated heterocycles. The number of rotatable bonds is 4. The Morgan fingerprint density at radius 2 is 2.16 bits per heavy atom. The molecule has 0 aromatic carbocycles. The lowest BCUT2D eigenvalue weighted by atomic mass is 10.1. The van der Waals surface area contributed by atoms with Crippen LogP contribution in [0.3, 0.4) is 0 Å². The molecule has 7 heteroatoms. The lowest BCUT2D eigenvalue weighted by Gasteiger charge is -2.21. The van der Waals surface area contributed by atoms with Crippen molar-refractivity contribution in [2.24, 2.45) is 7.05 Å². The second-order valence-electron chi connectivity index (χ2n) is 4.37. The third kappa shape index (κ3) is 4.69. The van der Waals surface area contributed by atoms with Gasteiger partial charge in [0.1, 0.15) is 0 Å². The quantitative estimate of drug-likeness (QED) is 0.815. The minimum Gasteiger partial charge on any atom is -0.357 e. The molecule has 0 aliphatic rings. The Bertz CT molecular complexity index is 465. The maximum absolute atomic E-state index is 12.9. The molecule has 0 radical (unpaired) electrons. The highest BCUT2D eigenvalue weighted by atomic mass is 19.4. The summed E-state index contributed by atoms with van der Waals surface area (Å²) in [7, 11) is 1.61. The maximum Gasteiger partial charge on any atom is 0.412 e.